The maximum Gasteiger partial charge on any atom is 0.234 e. The van der Waals surface area contributed by atoms with Gasteiger partial charge in [0, 0.05) is 10.0 Å². The lowest BCUT2D eigenvalue weighted by atomic mass is 10.3. The van der Waals surface area contributed by atoms with Gasteiger partial charge in [-0.3, -0.25) is 9.59 Å². The van der Waals surface area contributed by atoms with Crippen molar-refractivity contribution >= 4 is 104 Å². The fourth-order valence-corrected chi connectivity index (χ4v) is 5.35. The highest BCUT2D eigenvalue weighted by molar-refractivity contribution is 8.02. The third-order valence-electron chi connectivity index (χ3n) is 4.59. The lowest BCUT2D eigenvalue weighted by Crippen LogP contribution is -2.15. The standard InChI is InChI=1S/C24H16Cl4N4O2S2/c25-13-5-7-15(27)19(9-13)29-21(33)11-35-23-24(32-18-4-2-1-3-17(18)31-23)36-12-22(34)30-20-10-14(26)6-8-16(20)28/h1-10H,11-12H2,(H,29,33)(H,30,34). The zero-order chi connectivity index (χ0) is 25.7. The molecule has 6 nitrogen and oxygen atoms in total. The smallest absolute Gasteiger partial charge is 0.234 e. The molecule has 4 rings (SSSR count). The number of rotatable bonds is 8. The van der Waals surface area contributed by atoms with Crippen LogP contribution in [0.5, 0.6) is 0 Å². The van der Waals surface area contributed by atoms with Gasteiger partial charge < -0.3 is 10.6 Å². The zero-order valence-corrected chi connectivity index (χ0v) is 22.9. The molecular formula is C24H16Cl4N4O2S2. The molecule has 0 spiro atoms. The molecule has 2 amide bonds. The highest BCUT2D eigenvalue weighted by atomic mass is 35.5. The van der Waals surface area contributed by atoms with Gasteiger partial charge in [-0.05, 0) is 48.5 Å². The number of anilines is 2. The number of amides is 2. The van der Waals surface area contributed by atoms with E-state index in [0.29, 0.717) is 52.6 Å². The molecule has 3 aromatic carbocycles. The van der Waals surface area contributed by atoms with Gasteiger partial charge in [0.1, 0.15) is 10.1 Å². The van der Waals surface area contributed by atoms with Gasteiger partial charge >= 0.3 is 0 Å². The maximum absolute atomic E-state index is 12.6. The summed E-state index contributed by atoms with van der Waals surface area (Å²) < 4.78 is 0. The van der Waals surface area contributed by atoms with E-state index in [-0.39, 0.29) is 23.3 Å². The molecule has 0 fully saturated rings. The molecule has 12 heteroatoms. The van der Waals surface area contributed by atoms with Crippen molar-refractivity contribution in [3.63, 3.8) is 0 Å². The molecule has 0 bridgehead atoms. The molecule has 1 heterocycles. The Morgan fingerprint density at radius 3 is 1.50 bits per heavy atom. The molecule has 0 unspecified atom stereocenters. The number of carbonyl (C=O) groups excluding carboxylic acids is 2. The van der Waals surface area contributed by atoms with Crippen molar-refractivity contribution in [1.29, 1.82) is 0 Å². The number of hydrogen-bond acceptors (Lipinski definition) is 6. The van der Waals surface area contributed by atoms with Gasteiger partial charge in [0.15, 0.2) is 0 Å². The third-order valence-corrected chi connectivity index (χ3v) is 7.78. The first-order chi connectivity index (χ1) is 17.3. The normalized spacial score (nSPS) is 10.9. The van der Waals surface area contributed by atoms with Gasteiger partial charge in [0.05, 0.1) is 44.0 Å². The summed E-state index contributed by atoms with van der Waals surface area (Å²) in [6.07, 6.45) is 0. The van der Waals surface area contributed by atoms with E-state index in [1.54, 1.807) is 36.4 Å². The second-order valence-electron chi connectivity index (χ2n) is 7.24. The Bertz CT molecular complexity index is 1350. The Balaban J connectivity index is 1.47. The van der Waals surface area contributed by atoms with Crippen molar-refractivity contribution < 1.29 is 9.59 Å². The monoisotopic (exact) mass is 596 g/mol. The van der Waals surface area contributed by atoms with Crippen molar-refractivity contribution in [2.45, 2.75) is 10.1 Å². The number of carbonyl (C=O) groups is 2. The van der Waals surface area contributed by atoms with Gasteiger partial charge in [0.25, 0.3) is 0 Å². The summed E-state index contributed by atoms with van der Waals surface area (Å²) >= 11 is 26.7. The molecule has 0 aliphatic rings. The number of halogens is 4. The summed E-state index contributed by atoms with van der Waals surface area (Å²) in [7, 11) is 0. The van der Waals surface area contributed by atoms with E-state index in [1.807, 2.05) is 24.3 Å². The fourth-order valence-electron chi connectivity index (χ4n) is 2.98. The Hall–Kier alpha value is -2.20. The first kappa shape index (κ1) is 26.9. The summed E-state index contributed by atoms with van der Waals surface area (Å²) in [5.41, 5.74) is 2.20. The van der Waals surface area contributed by atoms with Crippen LogP contribution >= 0.6 is 69.9 Å². The van der Waals surface area contributed by atoms with Gasteiger partial charge in [-0.25, -0.2) is 9.97 Å². The van der Waals surface area contributed by atoms with Crippen LogP contribution in [0.2, 0.25) is 20.1 Å². The average molecular weight is 598 g/mol. The Kier molecular flexibility index (Phi) is 9.22. The van der Waals surface area contributed by atoms with Crippen molar-refractivity contribution in [1.82, 2.24) is 9.97 Å². The Labute approximate surface area is 235 Å². The molecule has 0 saturated carbocycles. The zero-order valence-electron chi connectivity index (χ0n) is 18.2. The van der Waals surface area contributed by atoms with E-state index >= 15 is 0 Å². The fraction of sp³-hybridized carbons (Fsp3) is 0.0833. The van der Waals surface area contributed by atoms with Crippen molar-refractivity contribution in [3.05, 3.63) is 80.8 Å². The van der Waals surface area contributed by atoms with Crippen molar-refractivity contribution in [2.75, 3.05) is 22.1 Å². The van der Waals surface area contributed by atoms with Crippen LogP contribution in [0.15, 0.2) is 70.7 Å². The van der Waals surface area contributed by atoms with Crippen LogP contribution in [0, 0.1) is 0 Å². The lowest BCUT2D eigenvalue weighted by Gasteiger charge is -2.11. The van der Waals surface area contributed by atoms with Crippen LogP contribution in [-0.2, 0) is 9.59 Å². The van der Waals surface area contributed by atoms with E-state index in [9.17, 15) is 9.59 Å². The molecule has 0 atom stereocenters. The first-order valence-corrected chi connectivity index (χ1v) is 13.8. The van der Waals surface area contributed by atoms with Gasteiger partial charge in [-0.1, -0.05) is 82.1 Å². The van der Waals surface area contributed by atoms with Gasteiger partial charge in [-0.2, -0.15) is 0 Å². The van der Waals surface area contributed by atoms with E-state index in [4.69, 9.17) is 46.4 Å². The van der Waals surface area contributed by atoms with E-state index in [1.165, 1.54) is 23.5 Å². The summed E-state index contributed by atoms with van der Waals surface area (Å²) in [6, 6.07) is 17.0. The van der Waals surface area contributed by atoms with Gasteiger partial charge in [0.2, 0.25) is 11.8 Å². The van der Waals surface area contributed by atoms with Crippen LogP contribution < -0.4 is 10.6 Å². The minimum atomic E-state index is -0.289. The quantitative estimate of drug-likeness (QED) is 0.202. The minimum Gasteiger partial charge on any atom is -0.324 e. The van der Waals surface area contributed by atoms with Crippen LogP contribution in [0.4, 0.5) is 11.4 Å². The van der Waals surface area contributed by atoms with Crippen LogP contribution in [0.3, 0.4) is 0 Å². The topological polar surface area (TPSA) is 84.0 Å². The molecule has 1 aromatic heterocycles. The molecule has 184 valence electrons. The molecular weight excluding hydrogens is 582 g/mol. The molecule has 0 aliphatic heterocycles. The van der Waals surface area contributed by atoms with E-state index in [0.717, 1.165) is 0 Å². The largest absolute Gasteiger partial charge is 0.324 e. The van der Waals surface area contributed by atoms with Crippen LogP contribution in [0.1, 0.15) is 0 Å². The first-order valence-electron chi connectivity index (χ1n) is 10.3. The highest BCUT2D eigenvalue weighted by Gasteiger charge is 2.16. The molecule has 0 saturated heterocycles. The summed E-state index contributed by atoms with van der Waals surface area (Å²) in [5, 5.41) is 8.22. The number of nitrogens with zero attached hydrogens (tertiary/aromatic N) is 2. The van der Waals surface area contributed by atoms with Crippen molar-refractivity contribution in [2.24, 2.45) is 0 Å². The molecule has 2 N–H and O–H groups in total. The number of benzene rings is 3. The van der Waals surface area contributed by atoms with E-state index in [2.05, 4.69) is 20.6 Å². The lowest BCUT2D eigenvalue weighted by molar-refractivity contribution is -0.114. The number of nitrogens with one attached hydrogen (secondary N) is 2. The average Bonchev–Trinajstić information content (AvgIpc) is 2.85. The Morgan fingerprint density at radius 1 is 0.667 bits per heavy atom. The van der Waals surface area contributed by atoms with Crippen molar-refractivity contribution in [3.8, 4) is 0 Å². The number of thioether (sulfide) groups is 2. The number of aromatic nitrogens is 2. The molecule has 0 radical (unpaired) electrons. The summed E-state index contributed by atoms with van der Waals surface area (Å²) in [4.78, 5) is 34.5. The predicted octanol–water partition coefficient (Wildman–Crippen LogP) is 7.71. The summed E-state index contributed by atoms with van der Waals surface area (Å²) in [6.45, 7) is 0. The second-order valence-corrected chi connectivity index (χ2v) is 10.9. The Morgan fingerprint density at radius 2 is 1.08 bits per heavy atom. The van der Waals surface area contributed by atoms with Crippen LogP contribution in [-0.4, -0.2) is 33.3 Å². The SMILES string of the molecule is O=C(CSc1nc2ccccc2nc1SCC(=O)Nc1cc(Cl)ccc1Cl)Nc1cc(Cl)ccc1Cl. The van der Waals surface area contributed by atoms with Gasteiger partial charge in [-0.15, -0.1) is 0 Å². The number of fused-ring (bicyclic) bond motifs is 1. The minimum absolute atomic E-state index is 0.0493. The predicted molar refractivity (Wildman–Crippen MR) is 151 cm³/mol. The highest BCUT2D eigenvalue weighted by Crippen LogP contribution is 2.31. The third kappa shape index (κ3) is 7.18. The summed E-state index contributed by atoms with van der Waals surface area (Å²) in [5.74, 6) is -0.478. The second kappa shape index (κ2) is 12.4. The molecule has 4 aromatic rings. The number of para-hydroxylation sites is 2. The molecule has 0 aliphatic carbocycles. The van der Waals surface area contributed by atoms with E-state index < -0.39 is 0 Å². The maximum atomic E-state index is 12.6. The molecule has 36 heavy (non-hydrogen) atoms. The van der Waals surface area contributed by atoms with Crippen LogP contribution in [0.25, 0.3) is 11.0 Å². The number of hydrogen-bond donors (Lipinski definition) is 2.